The molecule has 1 fully saturated rings. The summed E-state index contributed by atoms with van der Waals surface area (Å²) in [6.45, 7) is 0.763. The van der Waals surface area contributed by atoms with Crippen molar-refractivity contribution >= 4 is 24.3 Å². The molecule has 0 aromatic heterocycles. The second-order valence-electron chi connectivity index (χ2n) is 2.67. The van der Waals surface area contributed by atoms with Crippen molar-refractivity contribution < 1.29 is 14.3 Å². The summed E-state index contributed by atoms with van der Waals surface area (Å²) >= 11 is 0. The molecule has 1 amide bonds. The van der Waals surface area contributed by atoms with Crippen LogP contribution >= 0.6 is 12.4 Å². The van der Waals surface area contributed by atoms with Crippen LogP contribution in [0.25, 0.3) is 0 Å². The third-order valence-corrected chi connectivity index (χ3v) is 1.95. The summed E-state index contributed by atoms with van der Waals surface area (Å²) in [6.07, 6.45) is 0. The lowest BCUT2D eigenvalue weighted by Gasteiger charge is -2.30. The zero-order valence-corrected chi connectivity index (χ0v) is 8.39. The van der Waals surface area contributed by atoms with E-state index in [0.29, 0.717) is 13.1 Å². The van der Waals surface area contributed by atoms with Crippen molar-refractivity contribution in [1.82, 2.24) is 10.2 Å². The van der Waals surface area contributed by atoms with E-state index in [-0.39, 0.29) is 24.3 Å². The van der Waals surface area contributed by atoms with Crippen molar-refractivity contribution in [2.75, 3.05) is 27.2 Å². The van der Waals surface area contributed by atoms with Gasteiger partial charge in [0.1, 0.15) is 6.04 Å². The number of halogens is 1. The van der Waals surface area contributed by atoms with E-state index >= 15 is 0 Å². The van der Waals surface area contributed by atoms with Crippen LogP contribution in [0, 0.1) is 0 Å². The Morgan fingerprint density at radius 2 is 2.31 bits per heavy atom. The number of methoxy groups -OCH3 is 1. The van der Waals surface area contributed by atoms with E-state index in [1.54, 1.807) is 7.05 Å². The van der Waals surface area contributed by atoms with Crippen LogP contribution in [0.5, 0.6) is 0 Å². The van der Waals surface area contributed by atoms with E-state index in [1.165, 1.54) is 12.0 Å². The first-order valence-corrected chi connectivity index (χ1v) is 3.71. The summed E-state index contributed by atoms with van der Waals surface area (Å²) in [5.74, 6) is -0.463. The number of esters is 1. The number of ether oxygens (including phenoxy) is 1. The SMILES string of the molecule is COC(=O)C1CNCC(=O)N1C.Cl. The van der Waals surface area contributed by atoms with Gasteiger partial charge in [0.15, 0.2) is 0 Å². The van der Waals surface area contributed by atoms with Crippen LogP contribution in [-0.2, 0) is 14.3 Å². The van der Waals surface area contributed by atoms with Crippen LogP contribution in [0.2, 0.25) is 0 Å². The van der Waals surface area contributed by atoms with Gasteiger partial charge < -0.3 is 15.0 Å². The molecule has 0 aliphatic carbocycles. The smallest absolute Gasteiger partial charge is 0.329 e. The number of hydrogen-bond acceptors (Lipinski definition) is 4. The highest BCUT2D eigenvalue weighted by atomic mass is 35.5. The number of nitrogens with one attached hydrogen (secondary N) is 1. The second-order valence-corrected chi connectivity index (χ2v) is 2.67. The molecule has 1 unspecified atom stereocenters. The maximum atomic E-state index is 11.1. The van der Waals surface area contributed by atoms with Gasteiger partial charge in [0, 0.05) is 13.6 Å². The number of likely N-dealkylation sites (N-methyl/N-ethyl adjacent to an activating group) is 1. The van der Waals surface area contributed by atoms with Gasteiger partial charge in [-0.2, -0.15) is 0 Å². The molecule has 1 N–H and O–H groups in total. The number of piperazine rings is 1. The number of hydrogen-bond donors (Lipinski definition) is 1. The van der Waals surface area contributed by atoms with E-state index in [2.05, 4.69) is 10.1 Å². The molecule has 0 saturated carbocycles. The zero-order valence-electron chi connectivity index (χ0n) is 7.57. The minimum atomic E-state index is -0.476. The Kier molecular flexibility index (Phi) is 4.72. The molecule has 0 spiro atoms. The van der Waals surface area contributed by atoms with Gasteiger partial charge in [-0.3, -0.25) is 4.79 Å². The van der Waals surface area contributed by atoms with Crippen molar-refractivity contribution in [3.8, 4) is 0 Å². The molecule has 0 bridgehead atoms. The molecular weight excluding hydrogens is 196 g/mol. The molecule has 1 atom stereocenters. The number of rotatable bonds is 1. The van der Waals surface area contributed by atoms with Crippen LogP contribution in [-0.4, -0.2) is 50.1 Å². The van der Waals surface area contributed by atoms with E-state index < -0.39 is 6.04 Å². The Hall–Kier alpha value is -0.810. The molecule has 5 nitrogen and oxygen atoms in total. The Morgan fingerprint density at radius 3 is 2.85 bits per heavy atom. The highest BCUT2D eigenvalue weighted by Gasteiger charge is 2.30. The predicted octanol–water partition coefficient (Wildman–Crippen LogP) is -0.989. The number of amides is 1. The highest BCUT2D eigenvalue weighted by molar-refractivity contribution is 5.86. The summed E-state index contributed by atoms with van der Waals surface area (Å²) in [6, 6.07) is -0.476. The first kappa shape index (κ1) is 12.2. The van der Waals surface area contributed by atoms with Crippen LogP contribution in [0.4, 0.5) is 0 Å². The second kappa shape index (κ2) is 5.04. The Morgan fingerprint density at radius 1 is 1.69 bits per heavy atom. The van der Waals surface area contributed by atoms with Crippen LogP contribution < -0.4 is 5.32 Å². The van der Waals surface area contributed by atoms with Gasteiger partial charge in [-0.25, -0.2) is 4.79 Å². The van der Waals surface area contributed by atoms with Gasteiger partial charge in [-0.1, -0.05) is 0 Å². The molecule has 0 aromatic carbocycles. The molecule has 1 saturated heterocycles. The van der Waals surface area contributed by atoms with Gasteiger partial charge in [-0.05, 0) is 0 Å². The van der Waals surface area contributed by atoms with Crippen LogP contribution in [0.1, 0.15) is 0 Å². The molecule has 13 heavy (non-hydrogen) atoms. The largest absolute Gasteiger partial charge is 0.467 e. The van der Waals surface area contributed by atoms with Gasteiger partial charge in [0.2, 0.25) is 5.91 Å². The molecule has 1 aliphatic rings. The molecule has 0 aromatic rings. The fourth-order valence-corrected chi connectivity index (χ4v) is 1.13. The zero-order chi connectivity index (χ0) is 9.14. The molecule has 1 aliphatic heterocycles. The highest BCUT2D eigenvalue weighted by Crippen LogP contribution is 2.02. The maximum Gasteiger partial charge on any atom is 0.329 e. The van der Waals surface area contributed by atoms with Crippen LogP contribution in [0.15, 0.2) is 0 Å². The van der Waals surface area contributed by atoms with E-state index in [1.807, 2.05) is 0 Å². The third-order valence-electron chi connectivity index (χ3n) is 1.95. The number of carbonyl (C=O) groups excluding carboxylic acids is 2. The summed E-state index contributed by atoms with van der Waals surface area (Å²) in [4.78, 5) is 23.6. The van der Waals surface area contributed by atoms with E-state index in [4.69, 9.17) is 0 Å². The summed E-state index contributed by atoms with van der Waals surface area (Å²) in [5, 5.41) is 2.84. The number of carbonyl (C=O) groups is 2. The molecule has 1 rings (SSSR count). The minimum absolute atomic E-state index is 0. The normalized spacial score (nSPS) is 22.2. The summed E-state index contributed by atoms with van der Waals surface area (Å²) in [5.41, 5.74) is 0. The van der Waals surface area contributed by atoms with Crippen LogP contribution in [0.3, 0.4) is 0 Å². The molecular formula is C7H13ClN2O3. The first-order valence-electron chi connectivity index (χ1n) is 3.71. The van der Waals surface area contributed by atoms with Gasteiger partial charge in [0.25, 0.3) is 0 Å². The summed E-state index contributed by atoms with van der Waals surface area (Å²) in [7, 11) is 2.92. The van der Waals surface area contributed by atoms with Crippen molar-refractivity contribution in [2.45, 2.75) is 6.04 Å². The molecule has 76 valence electrons. The van der Waals surface area contributed by atoms with Crippen molar-refractivity contribution in [3.05, 3.63) is 0 Å². The van der Waals surface area contributed by atoms with E-state index in [9.17, 15) is 9.59 Å². The maximum absolute atomic E-state index is 11.1. The standard InChI is InChI=1S/C7H12N2O3.ClH/c1-9-5(7(11)12-2)3-8-4-6(9)10;/h5,8H,3-4H2,1-2H3;1H. The lowest BCUT2D eigenvalue weighted by molar-refractivity contribution is -0.153. The number of nitrogens with zero attached hydrogens (tertiary/aromatic N) is 1. The third kappa shape index (κ3) is 2.57. The molecule has 6 heteroatoms. The van der Waals surface area contributed by atoms with Gasteiger partial charge in [0.05, 0.1) is 13.7 Å². The van der Waals surface area contributed by atoms with E-state index in [0.717, 1.165) is 0 Å². The lowest BCUT2D eigenvalue weighted by atomic mass is 10.2. The van der Waals surface area contributed by atoms with Crippen molar-refractivity contribution in [1.29, 1.82) is 0 Å². The average Bonchev–Trinajstić information content (AvgIpc) is 2.08. The monoisotopic (exact) mass is 208 g/mol. The lowest BCUT2D eigenvalue weighted by Crippen LogP contribution is -2.56. The molecule has 1 heterocycles. The first-order chi connectivity index (χ1) is 5.66. The Bertz CT molecular complexity index is 210. The fourth-order valence-electron chi connectivity index (χ4n) is 1.13. The van der Waals surface area contributed by atoms with Gasteiger partial charge in [-0.15, -0.1) is 12.4 Å². The molecule has 0 radical (unpaired) electrons. The minimum Gasteiger partial charge on any atom is -0.467 e. The Balaban J connectivity index is 0.00000144. The topological polar surface area (TPSA) is 58.6 Å². The summed E-state index contributed by atoms with van der Waals surface area (Å²) < 4.78 is 4.54. The predicted molar refractivity (Wildman–Crippen MR) is 48.7 cm³/mol. The average molecular weight is 209 g/mol. The Labute approximate surface area is 82.8 Å². The van der Waals surface area contributed by atoms with Crippen molar-refractivity contribution in [3.63, 3.8) is 0 Å². The fraction of sp³-hybridized carbons (Fsp3) is 0.714. The van der Waals surface area contributed by atoms with Crippen molar-refractivity contribution in [2.24, 2.45) is 0 Å². The quantitative estimate of drug-likeness (QED) is 0.563. The van der Waals surface area contributed by atoms with Gasteiger partial charge >= 0.3 is 5.97 Å².